The van der Waals surface area contributed by atoms with Crippen molar-refractivity contribution in [2.45, 2.75) is 18.9 Å². The predicted octanol–water partition coefficient (Wildman–Crippen LogP) is 3.57. The van der Waals surface area contributed by atoms with Gasteiger partial charge < -0.3 is 25.2 Å². The van der Waals surface area contributed by atoms with Gasteiger partial charge in [-0.15, -0.1) is 11.3 Å². The van der Waals surface area contributed by atoms with E-state index in [9.17, 15) is 14.4 Å². The van der Waals surface area contributed by atoms with Crippen LogP contribution in [0.15, 0.2) is 53.9 Å². The maximum atomic E-state index is 12.2. The van der Waals surface area contributed by atoms with Crippen molar-refractivity contribution in [1.82, 2.24) is 15.6 Å². The zero-order valence-corrected chi connectivity index (χ0v) is 19.8. The second-order valence-electron chi connectivity index (χ2n) is 7.97. The second-order valence-corrected chi connectivity index (χ2v) is 8.86. The molecule has 10 heteroatoms. The van der Waals surface area contributed by atoms with Crippen LogP contribution in [0.2, 0.25) is 0 Å². The van der Waals surface area contributed by atoms with Crippen molar-refractivity contribution >= 4 is 29.3 Å². The first kappa shape index (κ1) is 24.4. The van der Waals surface area contributed by atoms with Crippen molar-refractivity contribution in [2.24, 2.45) is 0 Å². The number of hydrogen-bond donors (Lipinski definition) is 3. The van der Waals surface area contributed by atoms with Crippen LogP contribution in [0.25, 0.3) is 11.1 Å². The molecule has 0 fully saturated rings. The van der Waals surface area contributed by atoms with Gasteiger partial charge in [0.1, 0.15) is 18.2 Å². The molecule has 1 atom stereocenters. The van der Waals surface area contributed by atoms with E-state index in [1.165, 1.54) is 5.38 Å². The monoisotopic (exact) mass is 495 g/mol. The number of carboxylic acids is 1. The minimum Gasteiger partial charge on any atom is -0.476 e. The van der Waals surface area contributed by atoms with E-state index in [0.717, 1.165) is 33.6 Å². The Morgan fingerprint density at radius 1 is 1.09 bits per heavy atom. The summed E-state index contributed by atoms with van der Waals surface area (Å²) < 4.78 is 10.8. The summed E-state index contributed by atoms with van der Waals surface area (Å²) in [6, 6.07) is 15.8. The number of ether oxygens (including phenoxy) is 2. The first-order chi connectivity index (χ1) is 16.9. The lowest BCUT2D eigenvalue weighted by atomic mass is 9.98. The Labute approximate surface area is 206 Å². The molecule has 9 nitrogen and oxygen atoms in total. The largest absolute Gasteiger partial charge is 0.476 e. The Hall–Kier alpha value is -3.76. The summed E-state index contributed by atoms with van der Waals surface area (Å²) >= 11 is 1.16. The number of nitrogens with one attached hydrogen (secondary N) is 2. The van der Waals surface area contributed by atoms with Gasteiger partial charge >= 0.3 is 12.1 Å². The van der Waals surface area contributed by atoms with Crippen LogP contribution in [-0.4, -0.2) is 54.4 Å². The van der Waals surface area contributed by atoms with Crippen molar-refractivity contribution < 1.29 is 29.0 Å². The second kappa shape index (κ2) is 11.1. The lowest BCUT2D eigenvalue weighted by molar-refractivity contribution is -0.126. The summed E-state index contributed by atoms with van der Waals surface area (Å²) in [5.74, 6) is -1.50. The van der Waals surface area contributed by atoms with E-state index >= 15 is 0 Å². The van der Waals surface area contributed by atoms with Crippen LogP contribution in [0, 0.1) is 0 Å². The summed E-state index contributed by atoms with van der Waals surface area (Å²) in [5.41, 5.74) is 4.55. The van der Waals surface area contributed by atoms with Gasteiger partial charge in [-0.1, -0.05) is 48.5 Å². The molecule has 2 amide bonds. The number of rotatable bonds is 10. The lowest BCUT2D eigenvalue weighted by Gasteiger charge is -2.14. The average Bonchev–Trinajstić information content (AvgIpc) is 3.47. The highest BCUT2D eigenvalue weighted by molar-refractivity contribution is 7.09. The molecule has 182 valence electrons. The van der Waals surface area contributed by atoms with Crippen LogP contribution in [0.4, 0.5) is 4.79 Å². The van der Waals surface area contributed by atoms with Crippen molar-refractivity contribution in [1.29, 1.82) is 0 Å². The van der Waals surface area contributed by atoms with Gasteiger partial charge in [-0.05, 0) is 29.2 Å². The zero-order valence-electron chi connectivity index (χ0n) is 19.0. The smallest absolute Gasteiger partial charge is 0.407 e. The number of amides is 2. The van der Waals surface area contributed by atoms with Gasteiger partial charge in [-0.2, -0.15) is 0 Å². The number of benzene rings is 2. The number of hydrogen-bond acceptors (Lipinski definition) is 7. The zero-order chi connectivity index (χ0) is 24.8. The van der Waals surface area contributed by atoms with Crippen LogP contribution in [-0.2, 0) is 14.3 Å². The molecule has 0 aliphatic heterocycles. The van der Waals surface area contributed by atoms with Crippen LogP contribution < -0.4 is 10.6 Å². The number of nitrogens with zero attached hydrogens (tertiary/aromatic N) is 1. The molecular formula is C25H25N3O6S. The minimum atomic E-state index is -1.11. The molecule has 0 saturated heterocycles. The van der Waals surface area contributed by atoms with E-state index < -0.39 is 18.1 Å². The van der Waals surface area contributed by atoms with Crippen molar-refractivity contribution in [2.75, 3.05) is 26.4 Å². The minimum absolute atomic E-state index is 0.0144. The Morgan fingerprint density at radius 2 is 1.74 bits per heavy atom. The summed E-state index contributed by atoms with van der Waals surface area (Å²) in [6.45, 7) is 2.05. The number of fused-ring (bicyclic) bond motifs is 3. The summed E-state index contributed by atoms with van der Waals surface area (Å²) in [6.07, 6.45) is -0.549. The fourth-order valence-corrected chi connectivity index (χ4v) is 4.77. The molecule has 1 aliphatic rings. The first-order valence-corrected chi connectivity index (χ1v) is 12.0. The van der Waals surface area contributed by atoms with Gasteiger partial charge in [0.05, 0.1) is 12.6 Å². The van der Waals surface area contributed by atoms with E-state index in [1.807, 2.05) is 24.3 Å². The van der Waals surface area contributed by atoms with Gasteiger partial charge in [0.15, 0.2) is 5.69 Å². The van der Waals surface area contributed by atoms with Crippen LogP contribution in [0.5, 0.6) is 0 Å². The molecule has 0 spiro atoms. The number of carbonyl (C=O) groups is 3. The molecule has 1 heterocycles. The molecule has 4 rings (SSSR count). The quantitative estimate of drug-likeness (QED) is 0.367. The van der Waals surface area contributed by atoms with Crippen molar-refractivity contribution in [3.63, 3.8) is 0 Å². The summed E-state index contributed by atoms with van der Waals surface area (Å²) in [5, 5.41) is 16.2. The Kier molecular flexibility index (Phi) is 7.74. The van der Waals surface area contributed by atoms with Crippen molar-refractivity contribution in [3.05, 3.63) is 75.7 Å². The fraction of sp³-hybridized carbons (Fsp3) is 0.280. The SMILES string of the molecule is CC(NC(=O)COCCNC(=O)OCC1c2ccccc2-c2ccccc21)c1nc(C(=O)O)cs1. The topological polar surface area (TPSA) is 127 Å². The van der Waals surface area contributed by atoms with Crippen LogP contribution >= 0.6 is 11.3 Å². The van der Waals surface area contributed by atoms with Gasteiger partial charge in [-0.3, -0.25) is 4.79 Å². The highest BCUT2D eigenvalue weighted by Gasteiger charge is 2.28. The molecule has 0 radical (unpaired) electrons. The number of alkyl carbamates (subject to hydrolysis) is 1. The molecule has 3 aromatic rings. The highest BCUT2D eigenvalue weighted by Crippen LogP contribution is 2.44. The summed E-state index contributed by atoms with van der Waals surface area (Å²) in [4.78, 5) is 39.1. The van der Waals surface area contributed by atoms with E-state index in [2.05, 4.69) is 39.9 Å². The van der Waals surface area contributed by atoms with E-state index in [4.69, 9.17) is 14.6 Å². The van der Waals surface area contributed by atoms with Gasteiger partial charge in [-0.25, -0.2) is 14.6 Å². The number of aromatic carboxylic acids is 1. The van der Waals surface area contributed by atoms with Crippen LogP contribution in [0.3, 0.4) is 0 Å². The number of carboxylic acid groups (broad SMARTS) is 1. The third kappa shape index (κ3) is 5.84. The normalized spacial score (nSPS) is 12.9. The maximum absolute atomic E-state index is 12.2. The van der Waals surface area contributed by atoms with E-state index in [-0.39, 0.29) is 43.9 Å². The van der Waals surface area contributed by atoms with E-state index in [0.29, 0.717) is 5.01 Å². The number of carbonyl (C=O) groups excluding carboxylic acids is 2. The maximum Gasteiger partial charge on any atom is 0.407 e. The van der Waals surface area contributed by atoms with Gasteiger partial charge in [0.25, 0.3) is 0 Å². The number of aromatic nitrogens is 1. The Balaban J connectivity index is 1.15. The lowest BCUT2D eigenvalue weighted by Crippen LogP contribution is -2.33. The molecule has 1 aromatic heterocycles. The third-order valence-corrected chi connectivity index (χ3v) is 6.61. The molecule has 1 unspecified atom stereocenters. The highest BCUT2D eigenvalue weighted by atomic mass is 32.1. The molecule has 0 bridgehead atoms. The third-order valence-electron chi connectivity index (χ3n) is 5.58. The predicted molar refractivity (Wildman–Crippen MR) is 130 cm³/mol. The van der Waals surface area contributed by atoms with Gasteiger partial charge in [0, 0.05) is 17.8 Å². The summed E-state index contributed by atoms with van der Waals surface area (Å²) in [7, 11) is 0. The first-order valence-electron chi connectivity index (χ1n) is 11.1. The Morgan fingerprint density at radius 3 is 2.37 bits per heavy atom. The number of thiazole rings is 1. The average molecular weight is 496 g/mol. The Bertz CT molecular complexity index is 1180. The molecule has 0 saturated carbocycles. The standard InChI is InChI=1S/C25H25N3O6S/c1-15(23-28-21(14-35-23)24(30)31)27-22(29)13-33-11-10-26-25(32)34-12-20-18-8-4-2-6-16(18)17-7-3-5-9-19(17)20/h2-9,14-15,20H,10-13H2,1H3,(H,26,32)(H,27,29)(H,30,31). The molecular weight excluding hydrogens is 470 g/mol. The molecule has 2 aromatic carbocycles. The van der Waals surface area contributed by atoms with Crippen molar-refractivity contribution in [3.8, 4) is 11.1 Å². The molecule has 35 heavy (non-hydrogen) atoms. The molecule has 1 aliphatic carbocycles. The molecule has 3 N–H and O–H groups in total. The van der Waals surface area contributed by atoms with Gasteiger partial charge in [0.2, 0.25) is 5.91 Å². The van der Waals surface area contributed by atoms with E-state index in [1.54, 1.807) is 6.92 Å². The fourth-order valence-electron chi connectivity index (χ4n) is 3.97. The van der Waals surface area contributed by atoms with Crippen LogP contribution in [0.1, 0.15) is 45.5 Å².